The summed E-state index contributed by atoms with van der Waals surface area (Å²) < 4.78 is 69.7. The Morgan fingerprint density at radius 1 is 1.32 bits per heavy atom. The molecule has 0 aromatic heterocycles. The van der Waals surface area contributed by atoms with Gasteiger partial charge in [-0.3, -0.25) is 4.90 Å². The average Bonchev–Trinajstić information content (AvgIpc) is 2.66. The molecule has 0 aliphatic carbocycles. The number of rotatable bonds is 2. The minimum absolute atomic E-state index is 0.358. The van der Waals surface area contributed by atoms with Gasteiger partial charge in [0.1, 0.15) is 12.8 Å². The second kappa shape index (κ2) is 5.71. The minimum Gasteiger partial charge on any atom is -0.444 e. The predicted molar refractivity (Wildman–Crippen MR) is 63.9 cm³/mol. The standard InChI is InChI=1S/C13H12F5NO3/c14-12(15)6-9(20)19(10(12)13(16,17)18)11(21)22-7-8-4-2-1-3-5-8/h1-5,9-10,20H,6-7H2. The molecule has 22 heavy (non-hydrogen) atoms. The Bertz CT molecular complexity index is 534. The second-order valence-corrected chi connectivity index (χ2v) is 4.84. The van der Waals surface area contributed by atoms with E-state index in [9.17, 15) is 31.9 Å². The fourth-order valence-corrected chi connectivity index (χ4v) is 2.25. The summed E-state index contributed by atoms with van der Waals surface area (Å²) in [4.78, 5) is 11.3. The predicted octanol–water partition coefficient (Wildman–Crippen LogP) is 2.91. The Morgan fingerprint density at radius 3 is 2.45 bits per heavy atom. The van der Waals surface area contributed by atoms with E-state index in [1.807, 2.05) is 0 Å². The van der Waals surface area contributed by atoms with Crippen molar-refractivity contribution in [2.24, 2.45) is 0 Å². The molecule has 1 aromatic carbocycles. The van der Waals surface area contributed by atoms with E-state index in [1.54, 1.807) is 30.3 Å². The van der Waals surface area contributed by atoms with Crippen molar-refractivity contribution in [2.45, 2.75) is 37.4 Å². The number of carbonyl (C=O) groups is 1. The Balaban J connectivity index is 2.13. The first-order chi connectivity index (χ1) is 10.1. The van der Waals surface area contributed by atoms with Gasteiger partial charge in [0.05, 0.1) is 6.42 Å². The van der Waals surface area contributed by atoms with Crippen LogP contribution in [0.15, 0.2) is 30.3 Å². The van der Waals surface area contributed by atoms with Crippen molar-refractivity contribution in [3.8, 4) is 0 Å². The van der Waals surface area contributed by atoms with Crippen LogP contribution in [0.3, 0.4) is 0 Å². The number of aliphatic hydroxyl groups excluding tert-OH is 1. The molecule has 1 aliphatic heterocycles. The fourth-order valence-electron chi connectivity index (χ4n) is 2.25. The van der Waals surface area contributed by atoms with Crippen LogP contribution in [0, 0.1) is 0 Å². The van der Waals surface area contributed by atoms with E-state index < -0.39 is 36.9 Å². The van der Waals surface area contributed by atoms with Gasteiger partial charge < -0.3 is 9.84 Å². The summed E-state index contributed by atoms with van der Waals surface area (Å²) in [7, 11) is 0. The number of halogens is 5. The van der Waals surface area contributed by atoms with E-state index in [2.05, 4.69) is 4.74 Å². The van der Waals surface area contributed by atoms with Crippen LogP contribution in [-0.2, 0) is 11.3 Å². The van der Waals surface area contributed by atoms with Crippen LogP contribution in [0.5, 0.6) is 0 Å². The molecule has 9 heteroatoms. The lowest BCUT2D eigenvalue weighted by Crippen LogP contribution is -2.53. The molecule has 1 fully saturated rings. The topological polar surface area (TPSA) is 49.8 Å². The Morgan fingerprint density at radius 2 is 1.91 bits per heavy atom. The van der Waals surface area contributed by atoms with Gasteiger partial charge in [0.15, 0.2) is 6.04 Å². The van der Waals surface area contributed by atoms with Crippen molar-refractivity contribution in [1.29, 1.82) is 0 Å². The van der Waals surface area contributed by atoms with Crippen molar-refractivity contribution in [3.05, 3.63) is 35.9 Å². The van der Waals surface area contributed by atoms with E-state index >= 15 is 0 Å². The van der Waals surface area contributed by atoms with Crippen molar-refractivity contribution < 1.29 is 36.6 Å². The third-order valence-corrected chi connectivity index (χ3v) is 3.18. The molecule has 1 saturated heterocycles. The van der Waals surface area contributed by atoms with Crippen molar-refractivity contribution in [3.63, 3.8) is 0 Å². The van der Waals surface area contributed by atoms with Crippen LogP contribution < -0.4 is 0 Å². The number of benzene rings is 1. The maximum atomic E-state index is 13.4. The highest BCUT2D eigenvalue weighted by molar-refractivity contribution is 5.69. The summed E-state index contributed by atoms with van der Waals surface area (Å²) >= 11 is 0. The lowest BCUT2D eigenvalue weighted by Gasteiger charge is -2.29. The van der Waals surface area contributed by atoms with Gasteiger partial charge in [-0.1, -0.05) is 30.3 Å². The highest BCUT2D eigenvalue weighted by atomic mass is 19.4. The molecule has 4 nitrogen and oxygen atoms in total. The Labute approximate surface area is 122 Å². The van der Waals surface area contributed by atoms with Gasteiger partial charge in [-0.15, -0.1) is 0 Å². The van der Waals surface area contributed by atoms with Gasteiger partial charge in [-0.25, -0.2) is 13.6 Å². The monoisotopic (exact) mass is 325 g/mol. The molecule has 0 radical (unpaired) electrons. The second-order valence-electron chi connectivity index (χ2n) is 4.84. The lowest BCUT2D eigenvalue weighted by atomic mass is 10.1. The van der Waals surface area contributed by atoms with Crippen molar-refractivity contribution in [2.75, 3.05) is 0 Å². The molecule has 1 N–H and O–H groups in total. The van der Waals surface area contributed by atoms with Gasteiger partial charge in [0.25, 0.3) is 5.92 Å². The zero-order valence-corrected chi connectivity index (χ0v) is 11.1. The number of nitrogens with zero attached hydrogens (tertiary/aromatic N) is 1. The molecular weight excluding hydrogens is 313 g/mol. The highest BCUT2D eigenvalue weighted by Gasteiger charge is 2.67. The quantitative estimate of drug-likeness (QED) is 0.851. The number of amides is 1. The van der Waals surface area contributed by atoms with E-state index in [1.165, 1.54) is 0 Å². The molecule has 1 amide bonds. The molecule has 122 valence electrons. The Kier molecular flexibility index (Phi) is 4.28. The normalized spacial score (nSPS) is 24.4. The van der Waals surface area contributed by atoms with E-state index in [4.69, 9.17) is 0 Å². The van der Waals surface area contributed by atoms with Crippen LogP contribution in [-0.4, -0.2) is 40.5 Å². The van der Waals surface area contributed by atoms with E-state index in [0.29, 0.717) is 5.56 Å². The molecule has 1 aliphatic rings. The summed E-state index contributed by atoms with van der Waals surface area (Å²) in [5.41, 5.74) is 0.472. The molecule has 1 heterocycles. The highest BCUT2D eigenvalue weighted by Crippen LogP contribution is 2.45. The zero-order chi connectivity index (χ0) is 16.5. The minimum atomic E-state index is -5.38. The van der Waals surface area contributed by atoms with Gasteiger partial charge >= 0.3 is 12.3 Å². The Hall–Kier alpha value is -1.90. The zero-order valence-electron chi connectivity index (χ0n) is 11.1. The molecular formula is C13H12F5NO3. The molecule has 2 rings (SSSR count). The summed E-state index contributed by atoms with van der Waals surface area (Å²) in [5, 5.41) is 9.37. The average molecular weight is 325 g/mol. The number of alkyl halides is 5. The lowest BCUT2D eigenvalue weighted by molar-refractivity contribution is -0.224. The first kappa shape index (κ1) is 16.5. The van der Waals surface area contributed by atoms with E-state index in [0.717, 1.165) is 0 Å². The number of ether oxygens (including phenoxy) is 1. The smallest absolute Gasteiger partial charge is 0.414 e. The molecule has 2 atom stereocenters. The van der Waals surface area contributed by atoms with E-state index in [-0.39, 0.29) is 11.5 Å². The van der Waals surface area contributed by atoms with Crippen LogP contribution in [0.1, 0.15) is 12.0 Å². The largest absolute Gasteiger partial charge is 0.444 e. The SMILES string of the molecule is O=C(OCc1ccccc1)N1C(O)CC(F)(F)C1C(F)(F)F. The third kappa shape index (κ3) is 3.29. The molecule has 0 saturated carbocycles. The summed E-state index contributed by atoms with van der Waals surface area (Å²) in [6.07, 6.45) is -10.8. The molecule has 0 spiro atoms. The maximum absolute atomic E-state index is 13.4. The number of carbonyl (C=O) groups excluding carboxylic acids is 1. The van der Waals surface area contributed by atoms with Gasteiger partial charge in [0.2, 0.25) is 0 Å². The van der Waals surface area contributed by atoms with Crippen molar-refractivity contribution >= 4 is 6.09 Å². The number of likely N-dealkylation sites (tertiary alicyclic amines) is 1. The summed E-state index contributed by atoms with van der Waals surface area (Å²) in [6, 6.07) is 4.59. The molecule has 2 unspecified atom stereocenters. The van der Waals surface area contributed by atoms with Gasteiger partial charge in [-0.05, 0) is 5.56 Å². The van der Waals surface area contributed by atoms with Crippen LogP contribution >= 0.6 is 0 Å². The molecule has 1 aromatic rings. The number of hydrogen-bond donors (Lipinski definition) is 1. The number of aliphatic hydroxyl groups is 1. The fraction of sp³-hybridized carbons (Fsp3) is 0.462. The summed E-state index contributed by atoms with van der Waals surface area (Å²) in [6.45, 7) is -0.390. The van der Waals surface area contributed by atoms with Crippen molar-refractivity contribution in [1.82, 2.24) is 4.90 Å². The van der Waals surface area contributed by atoms with Crippen LogP contribution in [0.2, 0.25) is 0 Å². The first-order valence-electron chi connectivity index (χ1n) is 6.24. The molecule has 0 bridgehead atoms. The van der Waals surface area contributed by atoms with Gasteiger partial charge in [0, 0.05) is 0 Å². The van der Waals surface area contributed by atoms with Gasteiger partial charge in [-0.2, -0.15) is 13.2 Å². The van der Waals surface area contributed by atoms with Crippen LogP contribution in [0.25, 0.3) is 0 Å². The van der Waals surface area contributed by atoms with Crippen LogP contribution in [0.4, 0.5) is 26.7 Å². The summed E-state index contributed by atoms with van der Waals surface area (Å²) in [5.74, 6) is -4.27. The maximum Gasteiger partial charge on any atom is 0.414 e. The third-order valence-electron chi connectivity index (χ3n) is 3.18. The first-order valence-corrected chi connectivity index (χ1v) is 6.24. The number of hydrogen-bond acceptors (Lipinski definition) is 3.